The lowest BCUT2D eigenvalue weighted by atomic mass is 9.41. The van der Waals surface area contributed by atoms with Gasteiger partial charge in [0, 0.05) is 12.3 Å². The van der Waals surface area contributed by atoms with Gasteiger partial charge in [0.1, 0.15) is 0 Å². The summed E-state index contributed by atoms with van der Waals surface area (Å²) in [5, 5.41) is 34.4. The molecule has 6 heteroatoms. The molecule has 0 amide bonds. The third kappa shape index (κ3) is 3.16. The van der Waals surface area contributed by atoms with Gasteiger partial charge in [-0.15, -0.1) is 0 Å². The fraction of sp³-hybridized carbons (Fsp3) is 0.970. The van der Waals surface area contributed by atoms with Crippen molar-refractivity contribution in [1.29, 1.82) is 0 Å². The molecule has 1 aliphatic heterocycles. The van der Waals surface area contributed by atoms with Crippen molar-refractivity contribution in [1.82, 2.24) is 0 Å². The molecule has 5 aliphatic carbocycles. The van der Waals surface area contributed by atoms with Gasteiger partial charge in [-0.2, -0.15) is 0 Å². The smallest absolute Gasteiger partial charge is 0.303 e. The molecule has 0 unspecified atom stereocenters. The lowest BCUT2D eigenvalue weighted by molar-refractivity contribution is -0.216. The van der Waals surface area contributed by atoms with Crippen LogP contribution in [0.5, 0.6) is 0 Å². The molecular formula is C33H54O6. The van der Waals surface area contributed by atoms with Gasteiger partial charge in [0.05, 0.1) is 30.0 Å². The maximum atomic E-state index is 12.4. The van der Waals surface area contributed by atoms with Gasteiger partial charge in [0.2, 0.25) is 0 Å². The first-order chi connectivity index (χ1) is 17.9. The molecule has 3 N–H and O–H groups in total. The van der Waals surface area contributed by atoms with Crippen LogP contribution in [0.15, 0.2) is 0 Å². The summed E-state index contributed by atoms with van der Waals surface area (Å²) in [7, 11) is 0. The van der Waals surface area contributed by atoms with Gasteiger partial charge < -0.3 is 24.8 Å². The highest BCUT2D eigenvalue weighted by Crippen LogP contribution is 2.91. The van der Waals surface area contributed by atoms with Crippen molar-refractivity contribution in [3.63, 3.8) is 0 Å². The van der Waals surface area contributed by atoms with Crippen LogP contribution in [0.2, 0.25) is 0 Å². The van der Waals surface area contributed by atoms with E-state index in [0.717, 1.165) is 32.1 Å². The number of aliphatic hydroxyl groups is 3. The third-order valence-corrected chi connectivity index (χ3v) is 14.8. The van der Waals surface area contributed by atoms with Crippen LogP contribution in [0.3, 0.4) is 0 Å². The predicted molar refractivity (Wildman–Crippen MR) is 149 cm³/mol. The van der Waals surface area contributed by atoms with Crippen molar-refractivity contribution in [2.75, 3.05) is 0 Å². The van der Waals surface area contributed by atoms with Gasteiger partial charge in [-0.05, 0) is 110 Å². The normalized spacial score (nSPS) is 56.3. The summed E-state index contributed by atoms with van der Waals surface area (Å²) in [5.41, 5.74) is -1.15. The summed E-state index contributed by atoms with van der Waals surface area (Å²) in [6.45, 7) is 18.9. The summed E-state index contributed by atoms with van der Waals surface area (Å²) in [5.74, 6) is 1.64. The molecule has 39 heavy (non-hydrogen) atoms. The Balaban J connectivity index is 1.37. The number of aliphatic hydroxyl groups excluding tert-OH is 2. The van der Waals surface area contributed by atoms with E-state index in [2.05, 4.69) is 41.5 Å². The zero-order valence-corrected chi connectivity index (χ0v) is 25.8. The molecule has 0 bridgehead atoms. The fourth-order valence-corrected chi connectivity index (χ4v) is 13.1. The largest absolute Gasteiger partial charge is 0.457 e. The first-order valence-electron chi connectivity index (χ1n) is 15.8. The molecule has 6 fully saturated rings. The van der Waals surface area contributed by atoms with E-state index in [-0.39, 0.29) is 51.1 Å². The number of rotatable bonds is 3. The number of ether oxygens (including phenoxy) is 2. The van der Waals surface area contributed by atoms with E-state index in [1.54, 1.807) is 13.8 Å². The lowest BCUT2D eigenvalue weighted by Crippen LogP contribution is -2.59. The number of hydrogen-bond donors (Lipinski definition) is 3. The molecule has 0 aromatic heterocycles. The summed E-state index contributed by atoms with van der Waals surface area (Å²) in [6, 6.07) is 0. The number of fused-ring (bicyclic) bond motifs is 4. The molecule has 0 aromatic rings. The zero-order valence-electron chi connectivity index (χ0n) is 25.8. The number of esters is 1. The van der Waals surface area contributed by atoms with Crippen LogP contribution in [0, 0.1) is 56.7 Å². The van der Waals surface area contributed by atoms with Gasteiger partial charge in [-0.1, -0.05) is 41.5 Å². The summed E-state index contributed by atoms with van der Waals surface area (Å²) in [6.07, 6.45) is 4.82. The fourth-order valence-electron chi connectivity index (χ4n) is 13.1. The van der Waals surface area contributed by atoms with Crippen LogP contribution in [0.1, 0.15) is 107 Å². The summed E-state index contributed by atoms with van der Waals surface area (Å²) in [4.78, 5) is 12.0. The van der Waals surface area contributed by atoms with Crippen molar-refractivity contribution < 1.29 is 29.6 Å². The van der Waals surface area contributed by atoms with Crippen LogP contribution in [0.4, 0.5) is 0 Å². The monoisotopic (exact) mass is 546 g/mol. The minimum atomic E-state index is -1.25. The SMILES string of the molecule is CC(=O)O[C@@H]([C@H]1C[C@@H](C)[C@H]2[C@@H](O1)[C@H](O)[C@@]1(C)[C@@H]3CC[C@H]4C(C)(C)[C@@H](O)CC[C@@]45[C@@H](C)[C@@]35CC[C@]21C)C(C)(C)O. The quantitative estimate of drug-likeness (QED) is 0.426. The van der Waals surface area contributed by atoms with Gasteiger partial charge in [-0.3, -0.25) is 4.79 Å². The Kier molecular flexibility index (Phi) is 6.00. The van der Waals surface area contributed by atoms with E-state index in [1.165, 1.54) is 13.3 Å². The second-order valence-corrected chi connectivity index (χ2v) is 16.6. The topological polar surface area (TPSA) is 96.2 Å². The molecule has 0 aromatic carbocycles. The summed E-state index contributed by atoms with van der Waals surface area (Å²) >= 11 is 0. The Morgan fingerprint density at radius 2 is 1.59 bits per heavy atom. The molecule has 6 aliphatic rings. The molecule has 1 heterocycles. The third-order valence-electron chi connectivity index (χ3n) is 14.8. The molecule has 2 spiro atoms. The predicted octanol–water partition coefficient (Wildman–Crippen LogP) is 5.11. The van der Waals surface area contributed by atoms with Gasteiger partial charge in [-0.25, -0.2) is 0 Å². The van der Waals surface area contributed by atoms with E-state index in [4.69, 9.17) is 9.47 Å². The maximum absolute atomic E-state index is 12.4. The van der Waals surface area contributed by atoms with Crippen LogP contribution in [-0.4, -0.2) is 57.4 Å². The number of hydrogen-bond acceptors (Lipinski definition) is 6. The maximum Gasteiger partial charge on any atom is 0.303 e. The zero-order chi connectivity index (χ0) is 28.7. The van der Waals surface area contributed by atoms with Gasteiger partial charge in [0.25, 0.3) is 0 Å². The summed E-state index contributed by atoms with van der Waals surface area (Å²) < 4.78 is 12.4. The first kappa shape index (κ1) is 28.4. The lowest BCUT2D eigenvalue weighted by Gasteiger charge is -2.63. The van der Waals surface area contributed by atoms with Crippen LogP contribution in [0.25, 0.3) is 0 Å². The average molecular weight is 547 g/mol. The van der Waals surface area contributed by atoms with Gasteiger partial charge >= 0.3 is 5.97 Å². The standard InChI is InChI=1S/C33H54O6/c1-17-16-20(27(29(6,7)37)38-19(3)34)39-25-24(17)30(8)14-15-33-18(2)32(33)13-12-23(35)28(4,5)21(32)10-11-22(33)31(30,9)26(25)36/h17-18,20-27,35-37H,10-16H2,1-9H3/t17-,18-,20-,21+,22+,23+,24+,25-,26+,27+,30-,31-,32-,33+/m1/s1. The van der Waals surface area contributed by atoms with Gasteiger partial charge in [0.15, 0.2) is 6.10 Å². The highest BCUT2D eigenvalue weighted by atomic mass is 16.6. The average Bonchev–Trinajstić information content (AvgIpc) is 3.30. The number of carbonyl (C=O) groups is 1. The van der Waals surface area contributed by atoms with Crippen LogP contribution in [-0.2, 0) is 14.3 Å². The van der Waals surface area contributed by atoms with E-state index < -0.39 is 29.9 Å². The molecule has 0 radical (unpaired) electrons. The van der Waals surface area contributed by atoms with Crippen molar-refractivity contribution in [2.45, 2.75) is 143 Å². The molecule has 6 rings (SSSR count). The Labute approximate surface area is 235 Å². The van der Waals surface area contributed by atoms with E-state index in [1.807, 2.05) is 0 Å². The minimum absolute atomic E-state index is 0.0525. The van der Waals surface area contributed by atoms with E-state index >= 15 is 0 Å². The molecule has 6 nitrogen and oxygen atoms in total. The molecular weight excluding hydrogens is 492 g/mol. The second-order valence-electron chi connectivity index (χ2n) is 16.6. The Morgan fingerprint density at radius 1 is 0.974 bits per heavy atom. The van der Waals surface area contributed by atoms with Crippen molar-refractivity contribution in [3.05, 3.63) is 0 Å². The number of carbonyl (C=O) groups excluding carboxylic acids is 1. The van der Waals surface area contributed by atoms with Crippen LogP contribution >= 0.6 is 0 Å². The van der Waals surface area contributed by atoms with Crippen molar-refractivity contribution in [3.8, 4) is 0 Å². The second kappa shape index (κ2) is 8.23. The molecule has 1 saturated heterocycles. The van der Waals surface area contributed by atoms with E-state index in [9.17, 15) is 20.1 Å². The first-order valence-corrected chi connectivity index (χ1v) is 15.8. The highest BCUT2D eigenvalue weighted by Gasteiger charge is 2.87. The Morgan fingerprint density at radius 3 is 2.21 bits per heavy atom. The molecule has 5 saturated carbocycles. The Hall–Kier alpha value is -0.690. The van der Waals surface area contributed by atoms with Crippen molar-refractivity contribution >= 4 is 5.97 Å². The van der Waals surface area contributed by atoms with Crippen LogP contribution < -0.4 is 0 Å². The highest BCUT2D eigenvalue weighted by molar-refractivity contribution is 5.66. The molecule has 14 atom stereocenters. The Bertz CT molecular complexity index is 1030. The van der Waals surface area contributed by atoms with E-state index in [0.29, 0.717) is 24.2 Å². The van der Waals surface area contributed by atoms with Crippen molar-refractivity contribution in [2.24, 2.45) is 56.7 Å². The minimum Gasteiger partial charge on any atom is -0.457 e. The molecule has 222 valence electrons.